The molecule has 1 aliphatic heterocycles. The molecule has 1 amide bonds. The summed E-state index contributed by atoms with van der Waals surface area (Å²) < 4.78 is 24.9. The molecule has 6 nitrogen and oxygen atoms in total. The Kier molecular flexibility index (Phi) is 4.99. The van der Waals surface area contributed by atoms with E-state index in [9.17, 15) is 13.2 Å². The molecule has 3 fully saturated rings. The molecule has 1 saturated heterocycles. The molecule has 3 aliphatic rings. The molecule has 2 unspecified atom stereocenters. The van der Waals surface area contributed by atoms with Crippen LogP contribution in [0, 0.1) is 17.8 Å². The van der Waals surface area contributed by atoms with Gasteiger partial charge in [-0.3, -0.25) is 4.79 Å². The molecule has 2 saturated carbocycles. The fourth-order valence-electron chi connectivity index (χ4n) is 4.69. The van der Waals surface area contributed by atoms with Crippen molar-refractivity contribution in [2.75, 3.05) is 32.4 Å². The maximum absolute atomic E-state index is 12.9. The Morgan fingerprint density at radius 3 is 2.26 bits per heavy atom. The van der Waals surface area contributed by atoms with Crippen LogP contribution < -0.4 is 5.73 Å². The van der Waals surface area contributed by atoms with Crippen LogP contribution in [0.2, 0.25) is 0 Å². The molecule has 2 N–H and O–H groups in total. The lowest BCUT2D eigenvalue weighted by molar-refractivity contribution is -0.138. The molecule has 2 aliphatic carbocycles. The van der Waals surface area contributed by atoms with Gasteiger partial charge in [-0.05, 0) is 43.9 Å². The van der Waals surface area contributed by atoms with Gasteiger partial charge >= 0.3 is 0 Å². The van der Waals surface area contributed by atoms with Crippen molar-refractivity contribution in [3.05, 3.63) is 0 Å². The van der Waals surface area contributed by atoms with E-state index in [1.54, 1.807) is 0 Å². The van der Waals surface area contributed by atoms with E-state index in [2.05, 4.69) is 0 Å². The molecule has 2 bridgehead atoms. The van der Waals surface area contributed by atoms with Crippen LogP contribution in [0.15, 0.2) is 0 Å². The SMILES string of the molecule is CS(=O)(=O)N1CCCN(C(=O)C2CC3CCCC(C2)C3N)CC1. The summed E-state index contributed by atoms with van der Waals surface area (Å²) >= 11 is 0. The van der Waals surface area contributed by atoms with Gasteiger partial charge in [-0.15, -0.1) is 0 Å². The van der Waals surface area contributed by atoms with Gasteiger partial charge in [0.25, 0.3) is 0 Å². The molecule has 2 atom stereocenters. The van der Waals surface area contributed by atoms with Crippen LogP contribution >= 0.6 is 0 Å². The number of carbonyl (C=O) groups excluding carboxylic acids is 1. The van der Waals surface area contributed by atoms with E-state index >= 15 is 0 Å². The summed E-state index contributed by atoms with van der Waals surface area (Å²) in [6, 6.07) is 0.276. The number of fused-ring (bicyclic) bond motifs is 2. The van der Waals surface area contributed by atoms with Crippen molar-refractivity contribution in [1.29, 1.82) is 0 Å². The number of carbonyl (C=O) groups is 1. The third-order valence-electron chi connectivity index (χ3n) is 6.00. The largest absolute Gasteiger partial charge is 0.341 e. The number of nitrogens with zero attached hydrogens (tertiary/aromatic N) is 2. The molecular weight excluding hydrogens is 314 g/mol. The van der Waals surface area contributed by atoms with Crippen LogP contribution in [0.4, 0.5) is 0 Å². The predicted octanol–water partition coefficient (Wildman–Crippen LogP) is 0.634. The molecule has 3 rings (SSSR count). The smallest absolute Gasteiger partial charge is 0.225 e. The van der Waals surface area contributed by atoms with Crippen molar-refractivity contribution in [2.24, 2.45) is 23.5 Å². The van der Waals surface area contributed by atoms with Gasteiger partial charge in [-0.25, -0.2) is 12.7 Å². The van der Waals surface area contributed by atoms with Crippen molar-refractivity contribution in [2.45, 2.75) is 44.6 Å². The van der Waals surface area contributed by atoms with Crippen molar-refractivity contribution in [1.82, 2.24) is 9.21 Å². The van der Waals surface area contributed by atoms with Crippen molar-refractivity contribution in [3.63, 3.8) is 0 Å². The summed E-state index contributed by atoms with van der Waals surface area (Å²) in [5.74, 6) is 1.31. The molecular formula is C16H29N3O3S. The number of nitrogens with two attached hydrogens (primary N) is 1. The molecule has 0 aromatic heterocycles. The van der Waals surface area contributed by atoms with Crippen LogP contribution in [0.25, 0.3) is 0 Å². The van der Waals surface area contributed by atoms with Crippen molar-refractivity contribution < 1.29 is 13.2 Å². The van der Waals surface area contributed by atoms with Gasteiger partial charge < -0.3 is 10.6 Å². The van der Waals surface area contributed by atoms with Crippen LogP contribution in [-0.4, -0.2) is 62.0 Å². The van der Waals surface area contributed by atoms with Crippen LogP contribution in [-0.2, 0) is 14.8 Å². The second-order valence-corrected chi connectivity index (χ2v) is 9.52. The maximum atomic E-state index is 12.9. The van der Waals surface area contributed by atoms with Gasteiger partial charge in [0.05, 0.1) is 6.26 Å². The first-order valence-corrected chi connectivity index (χ1v) is 10.7. The van der Waals surface area contributed by atoms with Gasteiger partial charge in [0, 0.05) is 38.1 Å². The Morgan fingerprint density at radius 2 is 1.65 bits per heavy atom. The Labute approximate surface area is 139 Å². The standard InChI is InChI=1S/C16H29N3O3S/c1-23(21,22)19-7-3-6-18(8-9-19)16(20)14-10-12-4-2-5-13(11-14)15(12)17/h12-15H,2-11,17H2,1H3. The van der Waals surface area contributed by atoms with Crippen LogP contribution in [0.1, 0.15) is 38.5 Å². The number of hydrogen-bond donors (Lipinski definition) is 1. The highest BCUT2D eigenvalue weighted by Gasteiger charge is 2.41. The fourth-order valence-corrected chi connectivity index (χ4v) is 5.57. The van der Waals surface area contributed by atoms with E-state index in [1.165, 1.54) is 17.0 Å². The first-order valence-electron chi connectivity index (χ1n) is 8.85. The summed E-state index contributed by atoms with van der Waals surface area (Å²) in [5, 5.41) is 0. The Bertz CT molecular complexity index is 537. The molecule has 23 heavy (non-hydrogen) atoms. The summed E-state index contributed by atoms with van der Waals surface area (Å²) in [5.41, 5.74) is 6.32. The molecule has 0 spiro atoms. The summed E-state index contributed by atoms with van der Waals surface area (Å²) in [4.78, 5) is 14.8. The maximum Gasteiger partial charge on any atom is 0.225 e. The van der Waals surface area contributed by atoms with E-state index in [-0.39, 0.29) is 17.9 Å². The van der Waals surface area contributed by atoms with Gasteiger partial charge in [-0.1, -0.05) is 6.42 Å². The molecule has 132 valence electrons. The predicted molar refractivity (Wildman–Crippen MR) is 89.1 cm³/mol. The van der Waals surface area contributed by atoms with Gasteiger partial charge in [0.2, 0.25) is 15.9 Å². The third-order valence-corrected chi connectivity index (χ3v) is 7.30. The lowest BCUT2D eigenvalue weighted by Crippen LogP contribution is -2.50. The van der Waals surface area contributed by atoms with E-state index < -0.39 is 10.0 Å². The highest BCUT2D eigenvalue weighted by atomic mass is 32.2. The van der Waals surface area contributed by atoms with E-state index in [4.69, 9.17) is 5.73 Å². The van der Waals surface area contributed by atoms with Crippen LogP contribution in [0.5, 0.6) is 0 Å². The minimum atomic E-state index is -3.16. The molecule has 0 aromatic carbocycles. The van der Waals surface area contributed by atoms with Gasteiger partial charge in [-0.2, -0.15) is 0 Å². The fraction of sp³-hybridized carbons (Fsp3) is 0.938. The average molecular weight is 343 g/mol. The van der Waals surface area contributed by atoms with E-state index in [1.807, 2.05) is 4.90 Å². The van der Waals surface area contributed by atoms with Crippen LogP contribution in [0.3, 0.4) is 0 Å². The lowest BCUT2D eigenvalue weighted by Gasteiger charge is -2.44. The normalized spacial score (nSPS) is 36.5. The third kappa shape index (κ3) is 3.72. The zero-order valence-corrected chi connectivity index (χ0v) is 14.8. The van der Waals surface area contributed by atoms with E-state index in [0.717, 1.165) is 32.1 Å². The summed E-state index contributed by atoms with van der Waals surface area (Å²) in [6.07, 6.45) is 7.36. The summed E-state index contributed by atoms with van der Waals surface area (Å²) in [6.45, 7) is 2.12. The topological polar surface area (TPSA) is 83.7 Å². The highest BCUT2D eigenvalue weighted by Crippen LogP contribution is 2.42. The van der Waals surface area contributed by atoms with E-state index in [0.29, 0.717) is 38.0 Å². The Balaban J connectivity index is 1.62. The highest BCUT2D eigenvalue weighted by molar-refractivity contribution is 7.88. The molecule has 1 heterocycles. The first kappa shape index (κ1) is 17.2. The van der Waals surface area contributed by atoms with Crippen molar-refractivity contribution >= 4 is 15.9 Å². The first-order chi connectivity index (χ1) is 10.9. The number of rotatable bonds is 2. The monoisotopic (exact) mass is 343 g/mol. The lowest BCUT2D eigenvalue weighted by atomic mass is 9.65. The second-order valence-electron chi connectivity index (χ2n) is 7.54. The summed E-state index contributed by atoms with van der Waals surface area (Å²) in [7, 11) is -3.16. The van der Waals surface area contributed by atoms with Gasteiger partial charge in [0.1, 0.15) is 0 Å². The zero-order chi connectivity index (χ0) is 16.6. The number of hydrogen-bond acceptors (Lipinski definition) is 4. The molecule has 0 radical (unpaired) electrons. The second kappa shape index (κ2) is 6.69. The molecule has 7 heteroatoms. The molecule has 0 aromatic rings. The van der Waals surface area contributed by atoms with Gasteiger partial charge in [0.15, 0.2) is 0 Å². The quantitative estimate of drug-likeness (QED) is 0.797. The number of sulfonamides is 1. The average Bonchev–Trinajstić information content (AvgIpc) is 2.71. The Hall–Kier alpha value is -0.660. The zero-order valence-electron chi connectivity index (χ0n) is 14.0. The number of amides is 1. The minimum absolute atomic E-state index is 0.0925. The minimum Gasteiger partial charge on any atom is -0.341 e. The van der Waals surface area contributed by atoms with Crippen molar-refractivity contribution in [3.8, 4) is 0 Å². The Morgan fingerprint density at radius 1 is 1.00 bits per heavy atom.